The zero-order valence-corrected chi connectivity index (χ0v) is 18.4. The summed E-state index contributed by atoms with van der Waals surface area (Å²) < 4.78 is 0. The molecule has 0 radical (unpaired) electrons. The van der Waals surface area contributed by atoms with E-state index in [9.17, 15) is 4.79 Å². The number of likely N-dealkylation sites (N-methyl/N-ethyl adjacent to an activating group) is 1. The van der Waals surface area contributed by atoms with Gasteiger partial charge in [-0.15, -0.1) is 11.3 Å². The molecule has 4 nitrogen and oxygen atoms in total. The van der Waals surface area contributed by atoms with Crippen molar-refractivity contribution < 1.29 is 4.79 Å². The van der Waals surface area contributed by atoms with Gasteiger partial charge in [0.1, 0.15) is 5.69 Å². The van der Waals surface area contributed by atoms with Crippen LogP contribution in [0.25, 0.3) is 0 Å². The highest BCUT2D eigenvalue weighted by molar-refractivity contribution is 7.09. The Hall–Kier alpha value is -2.50. The lowest BCUT2D eigenvalue weighted by molar-refractivity contribution is 0.0614. The number of carbonyl (C=O) groups excluding carboxylic acids is 1. The van der Waals surface area contributed by atoms with E-state index in [2.05, 4.69) is 52.3 Å². The largest absolute Gasteiger partial charge is 0.336 e. The number of piperidine rings is 1. The Balaban J connectivity index is 1.33. The van der Waals surface area contributed by atoms with Gasteiger partial charge in [-0.1, -0.05) is 60.7 Å². The van der Waals surface area contributed by atoms with E-state index in [0.717, 1.165) is 50.3 Å². The van der Waals surface area contributed by atoms with Crippen LogP contribution >= 0.6 is 11.3 Å². The minimum Gasteiger partial charge on any atom is -0.336 e. The van der Waals surface area contributed by atoms with Crippen LogP contribution in [0, 0.1) is 0 Å². The molecule has 156 valence electrons. The Labute approximate surface area is 183 Å². The third-order valence-corrected chi connectivity index (χ3v) is 6.73. The van der Waals surface area contributed by atoms with Crippen molar-refractivity contribution in [3.8, 4) is 0 Å². The van der Waals surface area contributed by atoms with Crippen molar-refractivity contribution in [1.29, 1.82) is 0 Å². The van der Waals surface area contributed by atoms with E-state index in [1.165, 1.54) is 11.1 Å². The van der Waals surface area contributed by atoms with Crippen molar-refractivity contribution in [1.82, 2.24) is 14.8 Å². The summed E-state index contributed by atoms with van der Waals surface area (Å²) in [6.07, 6.45) is 4.03. The maximum absolute atomic E-state index is 13.0. The smallest absolute Gasteiger partial charge is 0.273 e. The van der Waals surface area contributed by atoms with E-state index in [-0.39, 0.29) is 11.9 Å². The summed E-state index contributed by atoms with van der Waals surface area (Å²) >= 11 is 1.57. The van der Waals surface area contributed by atoms with Crippen molar-refractivity contribution in [2.45, 2.75) is 31.7 Å². The van der Waals surface area contributed by atoms with E-state index >= 15 is 0 Å². The summed E-state index contributed by atoms with van der Waals surface area (Å²) in [4.78, 5) is 22.1. The first-order valence-corrected chi connectivity index (χ1v) is 11.6. The highest BCUT2D eigenvalue weighted by Gasteiger charge is 2.27. The highest BCUT2D eigenvalue weighted by atomic mass is 32.1. The van der Waals surface area contributed by atoms with Gasteiger partial charge < -0.3 is 9.80 Å². The topological polar surface area (TPSA) is 36.4 Å². The van der Waals surface area contributed by atoms with Crippen LogP contribution in [-0.4, -0.2) is 53.4 Å². The number of aromatic nitrogens is 1. The fourth-order valence-corrected chi connectivity index (χ4v) is 4.89. The van der Waals surface area contributed by atoms with Gasteiger partial charge in [0.15, 0.2) is 0 Å². The summed E-state index contributed by atoms with van der Waals surface area (Å²) in [5, 5.41) is 2.90. The number of hydrogen-bond donors (Lipinski definition) is 0. The Morgan fingerprint density at radius 3 is 2.53 bits per heavy atom. The number of amides is 1. The molecule has 1 amide bonds. The first-order chi connectivity index (χ1) is 14.7. The van der Waals surface area contributed by atoms with Gasteiger partial charge in [0.25, 0.3) is 5.91 Å². The van der Waals surface area contributed by atoms with Crippen LogP contribution in [-0.2, 0) is 12.8 Å². The molecule has 0 saturated carbocycles. The van der Waals surface area contributed by atoms with E-state index in [4.69, 9.17) is 0 Å². The molecule has 4 rings (SSSR count). The number of rotatable bonds is 7. The molecule has 5 heteroatoms. The zero-order valence-electron chi connectivity index (χ0n) is 17.5. The van der Waals surface area contributed by atoms with Crippen molar-refractivity contribution in [3.63, 3.8) is 0 Å². The van der Waals surface area contributed by atoms with Crippen LogP contribution in [0.3, 0.4) is 0 Å². The molecule has 0 unspecified atom stereocenters. The van der Waals surface area contributed by atoms with Crippen molar-refractivity contribution in [2.75, 3.05) is 26.7 Å². The van der Waals surface area contributed by atoms with Gasteiger partial charge in [-0.05, 0) is 36.9 Å². The summed E-state index contributed by atoms with van der Waals surface area (Å²) in [6.45, 7) is 3.10. The van der Waals surface area contributed by atoms with Gasteiger partial charge in [0.05, 0.1) is 5.01 Å². The third kappa shape index (κ3) is 5.35. The molecule has 0 spiro atoms. The van der Waals surface area contributed by atoms with Gasteiger partial charge in [0.2, 0.25) is 0 Å². The molecule has 0 N–H and O–H groups in total. The maximum atomic E-state index is 13.0. The number of benzene rings is 2. The van der Waals surface area contributed by atoms with Crippen molar-refractivity contribution in [2.24, 2.45) is 0 Å². The lowest BCUT2D eigenvalue weighted by Gasteiger charge is -2.37. The molecule has 2 heterocycles. The molecule has 1 atom stereocenters. The molecular formula is C25H29N3OS. The predicted molar refractivity (Wildman–Crippen MR) is 123 cm³/mol. The fourth-order valence-electron chi connectivity index (χ4n) is 4.09. The lowest BCUT2D eigenvalue weighted by atomic mass is 10.0. The number of carbonyl (C=O) groups is 1. The normalized spacial score (nSPS) is 17.0. The Morgan fingerprint density at radius 1 is 1.10 bits per heavy atom. The van der Waals surface area contributed by atoms with Crippen LogP contribution in [0.15, 0.2) is 66.0 Å². The fraction of sp³-hybridized carbons (Fsp3) is 0.360. The molecule has 1 aliphatic heterocycles. The average molecular weight is 420 g/mol. The summed E-state index contributed by atoms with van der Waals surface area (Å²) in [7, 11) is 1.93. The second-order valence-electron chi connectivity index (χ2n) is 8.04. The quantitative estimate of drug-likeness (QED) is 0.565. The van der Waals surface area contributed by atoms with Crippen molar-refractivity contribution in [3.05, 3.63) is 87.9 Å². The van der Waals surface area contributed by atoms with Crippen molar-refractivity contribution >= 4 is 17.2 Å². The Morgan fingerprint density at radius 2 is 1.80 bits per heavy atom. The monoisotopic (exact) mass is 419 g/mol. The third-order valence-electron chi connectivity index (χ3n) is 5.88. The maximum Gasteiger partial charge on any atom is 0.273 e. The highest BCUT2D eigenvalue weighted by Crippen LogP contribution is 2.20. The second kappa shape index (κ2) is 10.0. The Bertz CT molecular complexity index is 941. The number of hydrogen-bond acceptors (Lipinski definition) is 4. The van der Waals surface area contributed by atoms with Crippen LogP contribution in [0.2, 0.25) is 0 Å². The SMILES string of the molecule is CN(C(=O)c1csc(Cc2ccccc2)n1)[C@H]1CCCN(CCc2ccccc2)C1. The molecule has 0 bridgehead atoms. The van der Waals surface area contributed by atoms with Crippen LogP contribution < -0.4 is 0 Å². The molecule has 1 saturated heterocycles. The van der Waals surface area contributed by atoms with Crippen LogP contribution in [0.1, 0.15) is 39.5 Å². The minimum atomic E-state index is 0.0421. The first kappa shape index (κ1) is 20.8. The molecule has 0 aliphatic carbocycles. The summed E-state index contributed by atoms with van der Waals surface area (Å²) in [6, 6.07) is 21.2. The lowest BCUT2D eigenvalue weighted by Crippen LogP contribution is -2.49. The Kier molecular flexibility index (Phi) is 6.92. The second-order valence-corrected chi connectivity index (χ2v) is 8.98. The van der Waals surface area contributed by atoms with E-state index in [1.807, 2.05) is 35.5 Å². The number of likely N-dealkylation sites (tertiary alicyclic amines) is 1. The van der Waals surface area contributed by atoms with Gasteiger partial charge in [-0.3, -0.25) is 4.79 Å². The van der Waals surface area contributed by atoms with E-state index in [0.29, 0.717) is 5.69 Å². The van der Waals surface area contributed by atoms with Gasteiger partial charge in [-0.25, -0.2) is 4.98 Å². The van der Waals surface area contributed by atoms with Crippen LogP contribution in [0.5, 0.6) is 0 Å². The zero-order chi connectivity index (χ0) is 20.8. The molecular weight excluding hydrogens is 390 g/mol. The standard InChI is InChI=1S/C25H29N3OS/c1-27(22-13-8-15-28(18-22)16-14-20-9-4-2-5-10-20)25(29)23-19-30-24(26-23)17-21-11-6-3-7-12-21/h2-7,9-12,19,22H,8,13-18H2,1H3/t22-/m0/s1. The molecule has 3 aromatic rings. The molecule has 30 heavy (non-hydrogen) atoms. The van der Waals surface area contributed by atoms with Crippen LogP contribution in [0.4, 0.5) is 0 Å². The van der Waals surface area contributed by atoms with Gasteiger partial charge in [0, 0.05) is 38.0 Å². The van der Waals surface area contributed by atoms with E-state index in [1.54, 1.807) is 11.3 Å². The van der Waals surface area contributed by atoms with Gasteiger partial charge in [-0.2, -0.15) is 0 Å². The molecule has 1 aliphatic rings. The van der Waals surface area contributed by atoms with E-state index < -0.39 is 0 Å². The first-order valence-electron chi connectivity index (χ1n) is 10.7. The molecule has 1 fully saturated rings. The number of thiazole rings is 1. The summed E-state index contributed by atoms with van der Waals surface area (Å²) in [5.41, 5.74) is 3.17. The average Bonchev–Trinajstić information content (AvgIpc) is 3.27. The van der Waals surface area contributed by atoms with Gasteiger partial charge >= 0.3 is 0 Å². The minimum absolute atomic E-state index is 0.0421. The number of nitrogens with zero attached hydrogens (tertiary/aromatic N) is 3. The molecule has 2 aromatic carbocycles. The summed E-state index contributed by atoms with van der Waals surface area (Å²) in [5.74, 6) is 0.0421. The molecule has 1 aromatic heterocycles. The predicted octanol–water partition coefficient (Wildman–Crippen LogP) is 4.51.